The number of nitrogens with two attached hydrogens (primary N) is 1. The van der Waals surface area contributed by atoms with E-state index < -0.39 is 36.2 Å². The van der Waals surface area contributed by atoms with Crippen LogP contribution in [0.1, 0.15) is 11.1 Å². The number of amides is 2. The first-order valence-corrected chi connectivity index (χ1v) is 12.4. The van der Waals surface area contributed by atoms with Gasteiger partial charge in [0.25, 0.3) is 0 Å². The van der Waals surface area contributed by atoms with E-state index in [9.17, 15) is 24.3 Å². The van der Waals surface area contributed by atoms with Gasteiger partial charge in [-0.1, -0.05) is 82.3 Å². The Kier molecular flexibility index (Phi) is 11.2. The molecule has 182 valence electrons. The van der Waals surface area contributed by atoms with Crippen LogP contribution < -0.4 is 5.73 Å². The monoisotopic (exact) mass is 508 g/mol. The number of ether oxygens (including phenoxy) is 2. The molecule has 2 atom stereocenters. The molecule has 0 aliphatic heterocycles. The summed E-state index contributed by atoms with van der Waals surface area (Å²) in [6, 6.07) is 14.6. The Morgan fingerprint density at radius 1 is 0.765 bits per heavy atom. The molecule has 2 amide bonds. The van der Waals surface area contributed by atoms with Crippen LogP contribution in [-0.4, -0.2) is 62.8 Å². The van der Waals surface area contributed by atoms with Crippen molar-refractivity contribution in [2.75, 3.05) is 11.5 Å². The highest BCUT2D eigenvalue weighted by molar-refractivity contribution is 8.76. The molecule has 12 heteroatoms. The maximum absolute atomic E-state index is 12.8. The lowest BCUT2D eigenvalue weighted by Gasteiger charge is -2.25. The Balaban J connectivity index is 2.10. The number of carboxylic acid groups (broad SMARTS) is 2. The van der Waals surface area contributed by atoms with Gasteiger partial charge in [-0.25, -0.2) is 14.4 Å². The second-order valence-corrected chi connectivity index (χ2v) is 9.37. The van der Waals surface area contributed by atoms with Crippen molar-refractivity contribution < 1.29 is 38.9 Å². The summed E-state index contributed by atoms with van der Waals surface area (Å²) in [5.74, 6) is -2.89. The molecule has 0 fully saturated rings. The molecule has 0 radical (unpaired) electrons. The van der Waals surface area contributed by atoms with Crippen LogP contribution >= 0.6 is 21.6 Å². The third-order valence-electron chi connectivity index (χ3n) is 4.27. The van der Waals surface area contributed by atoms with Crippen molar-refractivity contribution in [1.82, 2.24) is 4.90 Å². The maximum Gasteiger partial charge on any atom is 0.420 e. The van der Waals surface area contributed by atoms with Gasteiger partial charge in [0, 0.05) is 11.5 Å². The predicted octanol–water partition coefficient (Wildman–Crippen LogP) is 3.21. The van der Waals surface area contributed by atoms with Gasteiger partial charge < -0.3 is 25.4 Å². The Hall–Kier alpha value is -3.22. The van der Waals surface area contributed by atoms with Crippen LogP contribution in [0.15, 0.2) is 60.7 Å². The fourth-order valence-electron chi connectivity index (χ4n) is 2.47. The first kappa shape index (κ1) is 27.0. The number of aliphatic carboxylic acids is 2. The summed E-state index contributed by atoms with van der Waals surface area (Å²) >= 11 is 0. The molecule has 2 aromatic carbocycles. The van der Waals surface area contributed by atoms with Crippen LogP contribution in [0, 0.1) is 0 Å². The molecule has 34 heavy (non-hydrogen) atoms. The number of carboxylic acids is 2. The molecule has 0 spiro atoms. The molecule has 1 unspecified atom stereocenters. The van der Waals surface area contributed by atoms with E-state index >= 15 is 0 Å². The summed E-state index contributed by atoms with van der Waals surface area (Å²) in [4.78, 5) is 48.7. The van der Waals surface area contributed by atoms with E-state index in [1.807, 2.05) is 0 Å². The van der Waals surface area contributed by atoms with Gasteiger partial charge in [-0.3, -0.25) is 4.79 Å². The molecule has 2 aromatic rings. The second-order valence-electron chi connectivity index (χ2n) is 6.82. The van der Waals surface area contributed by atoms with Gasteiger partial charge in [0.15, 0.2) is 6.04 Å². The van der Waals surface area contributed by atoms with Crippen LogP contribution in [-0.2, 0) is 32.3 Å². The van der Waals surface area contributed by atoms with Crippen molar-refractivity contribution in [3.8, 4) is 0 Å². The Morgan fingerprint density at radius 2 is 1.21 bits per heavy atom. The van der Waals surface area contributed by atoms with Gasteiger partial charge in [-0.05, 0) is 11.1 Å². The van der Waals surface area contributed by atoms with E-state index in [1.165, 1.54) is 0 Å². The first-order chi connectivity index (χ1) is 16.3. The van der Waals surface area contributed by atoms with Crippen molar-refractivity contribution in [3.63, 3.8) is 0 Å². The van der Waals surface area contributed by atoms with E-state index in [0.29, 0.717) is 16.0 Å². The SMILES string of the molecule is NC(CSSC[C@@H](C(=O)O)N(C(=O)OCc1ccccc1)C(=O)OCc1ccccc1)C(=O)O. The minimum atomic E-state index is -1.62. The number of rotatable bonds is 12. The predicted molar refractivity (Wildman–Crippen MR) is 127 cm³/mol. The number of nitrogens with zero attached hydrogens (tertiary/aromatic N) is 1. The molecule has 0 saturated carbocycles. The molecule has 4 N–H and O–H groups in total. The lowest BCUT2D eigenvalue weighted by Crippen LogP contribution is -2.50. The van der Waals surface area contributed by atoms with Crippen LogP contribution in [0.3, 0.4) is 0 Å². The Labute approximate surface area is 203 Å². The van der Waals surface area contributed by atoms with Crippen LogP contribution in [0.2, 0.25) is 0 Å². The smallest absolute Gasteiger partial charge is 0.420 e. The lowest BCUT2D eigenvalue weighted by molar-refractivity contribution is -0.141. The standard InChI is InChI=1S/C22H24N2O8S2/c23-17(19(25)26)13-33-34-14-18(20(27)28)24(21(29)31-11-15-7-3-1-4-8-15)22(30)32-12-16-9-5-2-6-10-16/h1-10,17-18H,11-14,23H2,(H,25,26)(H,27,28)/t17?,18-/m0/s1. The average Bonchev–Trinajstić information content (AvgIpc) is 2.83. The fraction of sp³-hybridized carbons (Fsp3) is 0.273. The van der Waals surface area contributed by atoms with E-state index in [-0.39, 0.29) is 24.7 Å². The normalized spacial score (nSPS) is 12.3. The number of carbonyl (C=O) groups is 4. The maximum atomic E-state index is 12.8. The number of hydrogen-bond donors (Lipinski definition) is 3. The number of imide groups is 1. The van der Waals surface area contributed by atoms with Crippen molar-refractivity contribution in [2.24, 2.45) is 5.73 Å². The number of hydrogen-bond acceptors (Lipinski definition) is 9. The third-order valence-corrected chi connectivity index (χ3v) is 6.70. The summed E-state index contributed by atoms with van der Waals surface area (Å²) in [6.45, 7) is -0.354. The summed E-state index contributed by atoms with van der Waals surface area (Å²) in [6.07, 6.45) is -2.36. The van der Waals surface area contributed by atoms with E-state index in [4.69, 9.17) is 20.3 Å². The summed E-state index contributed by atoms with van der Waals surface area (Å²) < 4.78 is 10.4. The van der Waals surface area contributed by atoms with Crippen molar-refractivity contribution in [2.45, 2.75) is 25.3 Å². The van der Waals surface area contributed by atoms with Gasteiger partial charge in [0.1, 0.15) is 19.3 Å². The molecule has 0 aliphatic rings. The zero-order valence-electron chi connectivity index (χ0n) is 17.9. The van der Waals surface area contributed by atoms with Crippen molar-refractivity contribution in [1.29, 1.82) is 0 Å². The minimum absolute atomic E-state index is 0.00322. The zero-order chi connectivity index (χ0) is 24.9. The minimum Gasteiger partial charge on any atom is -0.480 e. The van der Waals surface area contributed by atoms with Gasteiger partial charge in [0.05, 0.1) is 0 Å². The summed E-state index contributed by atoms with van der Waals surface area (Å²) in [5.41, 5.74) is 6.72. The highest BCUT2D eigenvalue weighted by atomic mass is 33.1. The van der Waals surface area contributed by atoms with Crippen LogP contribution in [0.4, 0.5) is 9.59 Å². The lowest BCUT2D eigenvalue weighted by atomic mass is 10.2. The molecule has 0 aromatic heterocycles. The largest absolute Gasteiger partial charge is 0.480 e. The first-order valence-electron chi connectivity index (χ1n) is 9.95. The zero-order valence-corrected chi connectivity index (χ0v) is 19.6. The topological polar surface area (TPSA) is 156 Å². The van der Waals surface area contributed by atoms with Gasteiger partial charge >= 0.3 is 24.1 Å². The van der Waals surface area contributed by atoms with Gasteiger partial charge in [-0.2, -0.15) is 4.90 Å². The van der Waals surface area contributed by atoms with E-state index in [1.54, 1.807) is 60.7 Å². The van der Waals surface area contributed by atoms with Crippen molar-refractivity contribution >= 4 is 45.7 Å². The molecule has 2 rings (SSSR count). The summed E-state index contributed by atoms with van der Waals surface area (Å²) in [5, 5.41) is 18.6. The number of carbonyl (C=O) groups excluding carboxylic acids is 2. The van der Waals surface area contributed by atoms with E-state index in [0.717, 1.165) is 21.6 Å². The molecular weight excluding hydrogens is 484 g/mol. The van der Waals surface area contributed by atoms with Crippen LogP contribution in [0.5, 0.6) is 0 Å². The fourth-order valence-corrected chi connectivity index (χ4v) is 4.77. The molecule has 0 aliphatic carbocycles. The second kappa shape index (κ2) is 14.1. The molecular formula is C22H24N2O8S2. The highest BCUT2D eigenvalue weighted by Gasteiger charge is 2.37. The van der Waals surface area contributed by atoms with E-state index in [2.05, 4.69) is 0 Å². The van der Waals surface area contributed by atoms with Gasteiger partial charge in [0.2, 0.25) is 0 Å². The third kappa shape index (κ3) is 8.96. The number of benzene rings is 2. The summed E-state index contributed by atoms with van der Waals surface area (Å²) in [7, 11) is 1.98. The molecule has 0 heterocycles. The molecule has 0 bridgehead atoms. The highest BCUT2D eigenvalue weighted by Crippen LogP contribution is 2.25. The van der Waals surface area contributed by atoms with Gasteiger partial charge in [-0.15, -0.1) is 0 Å². The Bertz CT molecular complexity index is 906. The quantitative estimate of drug-likeness (QED) is 0.286. The van der Waals surface area contributed by atoms with Crippen LogP contribution in [0.25, 0.3) is 0 Å². The molecule has 10 nitrogen and oxygen atoms in total. The van der Waals surface area contributed by atoms with Crippen molar-refractivity contribution in [3.05, 3.63) is 71.8 Å². The average molecular weight is 509 g/mol. The Morgan fingerprint density at radius 3 is 1.62 bits per heavy atom. The molecule has 0 saturated heterocycles.